The molecule has 5 nitrogen and oxygen atoms in total. The van der Waals surface area contributed by atoms with Gasteiger partial charge in [0, 0.05) is 17.4 Å². The number of anilines is 1. The van der Waals surface area contributed by atoms with Crippen molar-refractivity contribution in [1.29, 1.82) is 0 Å². The van der Waals surface area contributed by atoms with E-state index in [1.165, 1.54) is 11.3 Å². The molecule has 1 N–H and O–H groups in total. The second-order valence-electron chi connectivity index (χ2n) is 7.20. The highest BCUT2D eigenvalue weighted by molar-refractivity contribution is 9.10. The third kappa shape index (κ3) is 7.36. The van der Waals surface area contributed by atoms with Gasteiger partial charge in [0.25, 0.3) is 0 Å². The molecule has 0 fully saturated rings. The lowest BCUT2D eigenvalue weighted by atomic mass is 10.2. The van der Waals surface area contributed by atoms with Crippen LogP contribution in [-0.4, -0.2) is 24.1 Å². The molecule has 0 saturated carbocycles. The molecule has 1 aromatic heterocycles. The third-order valence-corrected chi connectivity index (χ3v) is 5.94. The fourth-order valence-corrected chi connectivity index (χ4v) is 4.18. The first-order valence-corrected chi connectivity index (χ1v) is 12.1. The minimum atomic E-state index is -0.0628. The first-order chi connectivity index (χ1) is 15.0. The van der Waals surface area contributed by atoms with Crippen LogP contribution in [0.25, 0.3) is 11.3 Å². The molecular weight excluding hydrogens is 476 g/mol. The summed E-state index contributed by atoms with van der Waals surface area (Å²) >= 11 is 4.91. The molecule has 31 heavy (non-hydrogen) atoms. The van der Waals surface area contributed by atoms with Crippen molar-refractivity contribution in [2.24, 2.45) is 0 Å². The average molecular weight is 503 g/mol. The Morgan fingerprint density at radius 2 is 1.87 bits per heavy atom. The molecule has 0 unspecified atom stereocenters. The second kappa shape index (κ2) is 11.9. The number of nitrogens with zero attached hydrogens (tertiary/aromatic N) is 1. The van der Waals surface area contributed by atoms with Crippen LogP contribution in [0.5, 0.6) is 11.5 Å². The highest BCUT2D eigenvalue weighted by Crippen LogP contribution is 2.27. The van der Waals surface area contributed by atoms with Gasteiger partial charge in [0.05, 0.1) is 23.4 Å². The van der Waals surface area contributed by atoms with Gasteiger partial charge in [-0.3, -0.25) is 4.79 Å². The third-order valence-electron chi connectivity index (χ3n) is 4.56. The van der Waals surface area contributed by atoms with Gasteiger partial charge in [-0.1, -0.05) is 19.4 Å². The van der Waals surface area contributed by atoms with Crippen LogP contribution in [-0.2, 0) is 4.79 Å². The Hall–Kier alpha value is -2.38. The highest BCUT2D eigenvalue weighted by Gasteiger charge is 2.09. The molecule has 2 aromatic carbocycles. The normalized spacial score (nSPS) is 10.7. The lowest BCUT2D eigenvalue weighted by Gasteiger charge is -2.08. The number of rotatable bonds is 11. The van der Waals surface area contributed by atoms with Gasteiger partial charge >= 0.3 is 0 Å². The number of aryl methyl sites for hydroxylation is 1. The number of carbonyl (C=O) groups excluding carboxylic acids is 1. The zero-order valence-corrected chi connectivity index (χ0v) is 20.2. The molecule has 0 atom stereocenters. The summed E-state index contributed by atoms with van der Waals surface area (Å²) in [6.07, 6.45) is 3.17. The quantitative estimate of drug-likeness (QED) is 0.291. The number of amides is 1. The molecule has 164 valence electrons. The maximum absolute atomic E-state index is 12.2. The van der Waals surface area contributed by atoms with Gasteiger partial charge < -0.3 is 14.8 Å². The minimum absolute atomic E-state index is 0.0628. The van der Waals surface area contributed by atoms with E-state index in [-0.39, 0.29) is 5.91 Å². The molecule has 7 heteroatoms. The SMILES string of the molecule is CCCCOc1ccc(-c2csc(NC(=O)CCCOc3ccc(C)cc3Br)n2)cc1. The van der Waals surface area contributed by atoms with Gasteiger partial charge in [-0.25, -0.2) is 4.98 Å². The van der Waals surface area contributed by atoms with Gasteiger partial charge in [-0.15, -0.1) is 11.3 Å². The van der Waals surface area contributed by atoms with E-state index >= 15 is 0 Å². The van der Waals surface area contributed by atoms with Crippen molar-refractivity contribution >= 4 is 38.3 Å². The summed E-state index contributed by atoms with van der Waals surface area (Å²) in [7, 11) is 0. The van der Waals surface area contributed by atoms with E-state index in [2.05, 4.69) is 33.2 Å². The molecule has 0 aliphatic carbocycles. The van der Waals surface area contributed by atoms with Crippen LogP contribution >= 0.6 is 27.3 Å². The zero-order chi connectivity index (χ0) is 22.1. The van der Waals surface area contributed by atoms with E-state index in [0.717, 1.165) is 52.2 Å². The predicted octanol–water partition coefficient (Wildman–Crippen LogP) is 6.86. The Morgan fingerprint density at radius 3 is 2.61 bits per heavy atom. The van der Waals surface area contributed by atoms with Crippen LogP contribution in [0.15, 0.2) is 52.3 Å². The molecule has 1 amide bonds. The Morgan fingerprint density at radius 1 is 1.10 bits per heavy atom. The fourth-order valence-electron chi connectivity index (χ4n) is 2.84. The predicted molar refractivity (Wildman–Crippen MR) is 130 cm³/mol. The van der Waals surface area contributed by atoms with Crippen LogP contribution < -0.4 is 14.8 Å². The van der Waals surface area contributed by atoms with Crippen molar-refractivity contribution in [3.05, 3.63) is 57.9 Å². The molecule has 0 bridgehead atoms. The smallest absolute Gasteiger partial charge is 0.226 e. The Balaban J connectivity index is 1.43. The number of unbranched alkanes of at least 4 members (excludes halogenated alkanes) is 1. The number of nitrogens with one attached hydrogen (secondary N) is 1. The van der Waals surface area contributed by atoms with Crippen molar-refractivity contribution in [2.75, 3.05) is 18.5 Å². The molecule has 0 saturated heterocycles. The van der Waals surface area contributed by atoms with Crippen molar-refractivity contribution in [1.82, 2.24) is 4.98 Å². The summed E-state index contributed by atoms with van der Waals surface area (Å²) in [5.74, 6) is 1.59. The summed E-state index contributed by atoms with van der Waals surface area (Å²) in [5.41, 5.74) is 3.00. The van der Waals surface area contributed by atoms with Crippen molar-refractivity contribution in [3.8, 4) is 22.8 Å². The van der Waals surface area contributed by atoms with E-state index in [4.69, 9.17) is 9.47 Å². The van der Waals surface area contributed by atoms with Gasteiger partial charge in [0.2, 0.25) is 5.91 Å². The Kier molecular flexibility index (Phi) is 8.91. The summed E-state index contributed by atoms with van der Waals surface area (Å²) in [6, 6.07) is 13.8. The Bertz CT molecular complexity index is 989. The number of hydrogen-bond donors (Lipinski definition) is 1. The first-order valence-electron chi connectivity index (χ1n) is 10.4. The monoisotopic (exact) mass is 502 g/mol. The van der Waals surface area contributed by atoms with Gasteiger partial charge in [0.15, 0.2) is 5.13 Å². The van der Waals surface area contributed by atoms with Crippen molar-refractivity contribution < 1.29 is 14.3 Å². The van der Waals surface area contributed by atoms with Gasteiger partial charge in [0.1, 0.15) is 11.5 Å². The average Bonchev–Trinajstić information content (AvgIpc) is 3.21. The molecule has 1 heterocycles. The number of halogens is 1. The van der Waals surface area contributed by atoms with E-state index in [1.54, 1.807) is 0 Å². The molecular formula is C24H27BrN2O3S. The minimum Gasteiger partial charge on any atom is -0.494 e. The van der Waals surface area contributed by atoms with E-state index in [1.807, 2.05) is 54.8 Å². The maximum atomic E-state index is 12.2. The summed E-state index contributed by atoms with van der Waals surface area (Å²) in [5, 5.41) is 5.42. The molecule has 3 rings (SSSR count). The topological polar surface area (TPSA) is 60.5 Å². The van der Waals surface area contributed by atoms with Crippen LogP contribution in [0.2, 0.25) is 0 Å². The number of aromatic nitrogens is 1. The highest BCUT2D eigenvalue weighted by atomic mass is 79.9. The maximum Gasteiger partial charge on any atom is 0.226 e. The van der Waals surface area contributed by atoms with Gasteiger partial charge in [-0.2, -0.15) is 0 Å². The second-order valence-corrected chi connectivity index (χ2v) is 8.91. The summed E-state index contributed by atoms with van der Waals surface area (Å²) in [6.45, 7) is 5.38. The van der Waals surface area contributed by atoms with Crippen LogP contribution in [0, 0.1) is 6.92 Å². The fraction of sp³-hybridized carbons (Fsp3) is 0.333. The molecule has 0 aliphatic rings. The number of carbonyl (C=O) groups is 1. The molecule has 0 aliphatic heterocycles. The molecule has 0 spiro atoms. The van der Waals surface area contributed by atoms with E-state index in [0.29, 0.717) is 24.6 Å². The lowest BCUT2D eigenvalue weighted by Crippen LogP contribution is -2.12. The van der Waals surface area contributed by atoms with E-state index in [9.17, 15) is 4.79 Å². The Labute approximate surface area is 195 Å². The first kappa shape index (κ1) is 23.3. The zero-order valence-electron chi connectivity index (χ0n) is 17.8. The van der Waals surface area contributed by atoms with Crippen LogP contribution in [0.4, 0.5) is 5.13 Å². The van der Waals surface area contributed by atoms with Crippen LogP contribution in [0.1, 0.15) is 38.2 Å². The number of benzene rings is 2. The number of hydrogen-bond acceptors (Lipinski definition) is 5. The number of thiazole rings is 1. The molecule has 3 aromatic rings. The summed E-state index contributed by atoms with van der Waals surface area (Å²) in [4.78, 5) is 16.8. The van der Waals surface area contributed by atoms with Crippen molar-refractivity contribution in [2.45, 2.75) is 39.5 Å². The van der Waals surface area contributed by atoms with Crippen LogP contribution in [0.3, 0.4) is 0 Å². The standard InChI is InChI=1S/C24H27BrN2O3S/c1-3-4-13-29-19-10-8-18(9-11-19)21-16-31-24(26-21)27-23(28)6-5-14-30-22-12-7-17(2)15-20(22)25/h7-12,15-16H,3-6,13-14H2,1-2H3,(H,26,27,28). The van der Waals surface area contributed by atoms with Gasteiger partial charge in [-0.05, 0) is 77.7 Å². The number of ether oxygens (including phenoxy) is 2. The lowest BCUT2D eigenvalue weighted by molar-refractivity contribution is -0.116. The molecule has 0 radical (unpaired) electrons. The van der Waals surface area contributed by atoms with Crippen molar-refractivity contribution in [3.63, 3.8) is 0 Å². The summed E-state index contributed by atoms with van der Waals surface area (Å²) < 4.78 is 12.4. The van der Waals surface area contributed by atoms with E-state index < -0.39 is 0 Å². The largest absolute Gasteiger partial charge is 0.494 e.